The number of rotatable bonds is 7. The fourth-order valence-electron chi connectivity index (χ4n) is 3.45. The molecule has 142 valence electrons. The normalized spacial score (nSPS) is 15.3. The van der Waals surface area contributed by atoms with Crippen molar-refractivity contribution in [2.75, 3.05) is 32.8 Å². The molecule has 1 aliphatic heterocycles. The van der Waals surface area contributed by atoms with Gasteiger partial charge >= 0.3 is 0 Å². The van der Waals surface area contributed by atoms with Gasteiger partial charge in [-0.15, -0.1) is 0 Å². The molecule has 3 aromatic rings. The molecule has 0 amide bonds. The molecule has 2 heterocycles. The van der Waals surface area contributed by atoms with Gasteiger partial charge in [0.05, 0.1) is 24.2 Å². The van der Waals surface area contributed by atoms with Crippen molar-refractivity contribution in [3.63, 3.8) is 0 Å². The predicted octanol–water partition coefficient (Wildman–Crippen LogP) is 3.99. The van der Waals surface area contributed by atoms with Gasteiger partial charge in [0.2, 0.25) is 0 Å². The molecular weight excluding hydrogens is 362 g/mol. The molecule has 0 spiro atoms. The number of benzene rings is 2. The summed E-state index contributed by atoms with van der Waals surface area (Å²) in [7, 11) is 0. The summed E-state index contributed by atoms with van der Waals surface area (Å²) in [6.07, 6.45) is 1.06. The molecule has 1 fully saturated rings. The molecule has 1 aliphatic rings. The van der Waals surface area contributed by atoms with E-state index >= 15 is 0 Å². The van der Waals surface area contributed by atoms with E-state index in [0.717, 1.165) is 68.4 Å². The first-order chi connectivity index (χ1) is 13.3. The van der Waals surface area contributed by atoms with Crippen molar-refractivity contribution < 1.29 is 9.47 Å². The predicted molar refractivity (Wildman–Crippen MR) is 107 cm³/mol. The van der Waals surface area contributed by atoms with Crippen molar-refractivity contribution >= 4 is 22.6 Å². The summed E-state index contributed by atoms with van der Waals surface area (Å²) >= 11 is 6.16. The summed E-state index contributed by atoms with van der Waals surface area (Å²) in [4.78, 5) is 7.23. The van der Waals surface area contributed by atoms with Crippen molar-refractivity contribution in [1.29, 1.82) is 0 Å². The molecule has 27 heavy (non-hydrogen) atoms. The lowest BCUT2D eigenvalue weighted by Gasteiger charge is -2.26. The summed E-state index contributed by atoms with van der Waals surface area (Å²) in [5, 5.41) is 0.705. The van der Waals surface area contributed by atoms with Crippen LogP contribution in [0.15, 0.2) is 48.5 Å². The van der Waals surface area contributed by atoms with Gasteiger partial charge in [0.25, 0.3) is 0 Å². The highest BCUT2D eigenvalue weighted by atomic mass is 35.5. The SMILES string of the molecule is Clc1ccc2c(c1)nc(COc1ccccc1)n2CCCN1CCOCC1. The number of para-hydroxylation sites is 1. The van der Waals surface area contributed by atoms with Crippen LogP contribution >= 0.6 is 11.6 Å². The van der Waals surface area contributed by atoms with Gasteiger partial charge in [0.1, 0.15) is 18.2 Å². The Balaban J connectivity index is 1.49. The Morgan fingerprint density at radius 1 is 1.04 bits per heavy atom. The maximum absolute atomic E-state index is 6.16. The Morgan fingerprint density at radius 3 is 2.67 bits per heavy atom. The van der Waals surface area contributed by atoms with Crippen molar-refractivity contribution in [3.8, 4) is 5.75 Å². The lowest BCUT2D eigenvalue weighted by molar-refractivity contribution is 0.0369. The molecule has 0 aliphatic carbocycles. The van der Waals surface area contributed by atoms with E-state index in [2.05, 4.69) is 9.47 Å². The van der Waals surface area contributed by atoms with Crippen LogP contribution in [0.1, 0.15) is 12.2 Å². The number of hydrogen-bond acceptors (Lipinski definition) is 4. The van der Waals surface area contributed by atoms with Crippen LogP contribution in [0.3, 0.4) is 0 Å². The van der Waals surface area contributed by atoms with Crippen molar-refractivity contribution in [1.82, 2.24) is 14.5 Å². The Morgan fingerprint density at radius 2 is 1.85 bits per heavy atom. The zero-order valence-corrected chi connectivity index (χ0v) is 16.1. The second-order valence-electron chi connectivity index (χ2n) is 6.72. The topological polar surface area (TPSA) is 39.5 Å². The fraction of sp³-hybridized carbons (Fsp3) is 0.381. The molecule has 0 atom stereocenters. The zero-order valence-electron chi connectivity index (χ0n) is 15.3. The maximum Gasteiger partial charge on any atom is 0.147 e. The summed E-state index contributed by atoms with van der Waals surface area (Å²) in [5.74, 6) is 1.78. The molecule has 0 radical (unpaired) electrons. The molecule has 1 aromatic heterocycles. The lowest BCUT2D eigenvalue weighted by atomic mass is 10.3. The number of morpholine rings is 1. The number of aromatic nitrogens is 2. The van der Waals surface area contributed by atoms with Crippen LogP contribution in [-0.4, -0.2) is 47.3 Å². The van der Waals surface area contributed by atoms with E-state index in [1.54, 1.807) is 0 Å². The van der Waals surface area contributed by atoms with Crippen molar-refractivity contribution in [3.05, 3.63) is 59.4 Å². The highest BCUT2D eigenvalue weighted by Gasteiger charge is 2.14. The van der Waals surface area contributed by atoms with E-state index < -0.39 is 0 Å². The molecule has 4 rings (SSSR count). The highest BCUT2D eigenvalue weighted by Crippen LogP contribution is 2.22. The van der Waals surface area contributed by atoms with Crippen molar-refractivity contribution in [2.45, 2.75) is 19.6 Å². The summed E-state index contributed by atoms with van der Waals surface area (Å²) in [6, 6.07) is 15.7. The lowest BCUT2D eigenvalue weighted by Crippen LogP contribution is -2.37. The van der Waals surface area contributed by atoms with Gasteiger partial charge in [-0.2, -0.15) is 0 Å². The number of fused-ring (bicyclic) bond motifs is 1. The smallest absolute Gasteiger partial charge is 0.147 e. The molecule has 0 saturated carbocycles. The van der Waals surface area contributed by atoms with E-state index in [1.165, 1.54) is 0 Å². The summed E-state index contributed by atoms with van der Waals surface area (Å²) < 4.78 is 13.6. The Bertz CT molecular complexity index is 876. The first kappa shape index (κ1) is 18.3. The number of hydrogen-bond donors (Lipinski definition) is 0. The number of ether oxygens (including phenoxy) is 2. The maximum atomic E-state index is 6.16. The van der Waals surface area contributed by atoms with E-state index in [-0.39, 0.29) is 0 Å². The third-order valence-corrected chi connectivity index (χ3v) is 5.10. The van der Waals surface area contributed by atoms with Gasteiger partial charge in [-0.1, -0.05) is 29.8 Å². The summed E-state index contributed by atoms with van der Waals surface area (Å²) in [5.41, 5.74) is 2.02. The highest BCUT2D eigenvalue weighted by molar-refractivity contribution is 6.31. The zero-order chi connectivity index (χ0) is 18.5. The van der Waals surface area contributed by atoms with Crippen LogP contribution in [0, 0.1) is 0 Å². The fourth-order valence-corrected chi connectivity index (χ4v) is 3.62. The van der Waals surface area contributed by atoms with E-state index in [4.69, 9.17) is 26.1 Å². The summed E-state index contributed by atoms with van der Waals surface area (Å²) in [6.45, 7) is 6.12. The standard InChI is InChI=1S/C21H24ClN3O2/c22-17-7-8-20-19(15-17)23-21(16-27-18-5-2-1-3-6-18)25(20)10-4-9-24-11-13-26-14-12-24/h1-3,5-8,15H,4,9-14,16H2. The molecule has 6 heteroatoms. The van der Waals surface area contributed by atoms with Crippen LogP contribution in [-0.2, 0) is 17.9 Å². The first-order valence-electron chi connectivity index (χ1n) is 9.42. The van der Waals surface area contributed by atoms with Gasteiger partial charge in [0, 0.05) is 31.2 Å². The largest absolute Gasteiger partial charge is 0.486 e. The van der Waals surface area contributed by atoms with E-state index in [0.29, 0.717) is 11.6 Å². The van der Waals surface area contributed by atoms with Gasteiger partial charge in [-0.3, -0.25) is 4.90 Å². The molecule has 0 unspecified atom stereocenters. The second kappa shape index (κ2) is 8.74. The molecule has 0 bridgehead atoms. The number of nitrogens with zero attached hydrogens (tertiary/aromatic N) is 3. The van der Waals surface area contributed by atoms with Crippen molar-refractivity contribution in [2.24, 2.45) is 0 Å². The molecule has 2 aromatic carbocycles. The third-order valence-electron chi connectivity index (χ3n) is 4.86. The van der Waals surface area contributed by atoms with Crippen LogP contribution in [0.2, 0.25) is 5.02 Å². The van der Waals surface area contributed by atoms with Crippen LogP contribution in [0.4, 0.5) is 0 Å². The third kappa shape index (κ3) is 4.61. The Kier molecular flexibility index (Phi) is 5.92. The van der Waals surface area contributed by atoms with Gasteiger partial charge in [-0.25, -0.2) is 4.98 Å². The van der Waals surface area contributed by atoms with E-state index in [1.807, 2.05) is 48.5 Å². The molecule has 5 nitrogen and oxygen atoms in total. The minimum absolute atomic E-state index is 0.438. The average molecular weight is 386 g/mol. The molecule has 1 saturated heterocycles. The van der Waals surface area contributed by atoms with Gasteiger partial charge in [-0.05, 0) is 36.8 Å². The number of imidazole rings is 1. The Hall–Kier alpha value is -2.08. The van der Waals surface area contributed by atoms with Gasteiger partial charge in [0.15, 0.2) is 0 Å². The van der Waals surface area contributed by atoms with E-state index in [9.17, 15) is 0 Å². The number of aryl methyl sites for hydroxylation is 1. The minimum Gasteiger partial charge on any atom is -0.486 e. The van der Waals surface area contributed by atoms with Crippen LogP contribution in [0.25, 0.3) is 11.0 Å². The molecular formula is C21H24ClN3O2. The number of halogens is 1. The van der Waals surface area contributed by atoms with Crippen LogP contribution < -0.4 is 4.74 Å². The van der Waals surface area contributed by atoms with Crippen LogP contribution in [0.5, 0.6) is 5.75 Å². The Labute approximate surface area is 164 Å². The molecule has 0 N–H and O–H groups in total. The second-order valence-corrected chi connectivity index (χ2v) is 7.16. The van der Waals surface area contributed by atoms with Gasteiger partial charge < -0.3 is 14.0 Å². The average Bonchev–Trinajstić information content (AvgIpc) is 3.04. The first-order valence-corrected chi connectivity index (χ1v) is 9.80. The minimum atomic E-state index is 0.438. The monoisotopic (exact) mass is 385 g/mol. The quantitative estimate of drug-likeness (QED) is 0.616.